The van der Waals surface area contributed by atoms with Gasteiger partial charge in [0.25, 0.3) is 0 Å². The van der Waals surface area contributed by atoms with Gasteiger partial charge in [-0.15, -0.1) is 0 Å². The van der Waals surface area contributed by atoms with Gasteiger partial charge < -0.3 is 15.0 Å². The summed E-state index contributed by atoms with van der Waals surface area (Å²) in [7, 11) is 0. The molecule has 2 aromatic rings. The van der Waals surface area contributed by atoms with E-state index in [0.717, 1.165) is 26.2 Å². The van der Waals surface area contributed by atoms with Crippen molar-refractivity contribution in [3.63, 3.8) is 0 Å². The molecule has 0 atom stereocenters. The van der Waals surface area contributed by atoms with Crippen molar-refractivity contribution < 1.29 is 4.74 Å². The van der Waals surface area contributed by atoms with Crippen LogP contribution in [0.4, 0.5) is 5.69 Å². The van der Waals surface area contributed by atoms with Crippen LogP contribution in [0.5, 0.6) is 11.5 Å². The highest BCUT2D eigenvalue weighted by atomic mass is 16.5. The first-order valence-corrected chi connectivity index (χ1v) is 6.95. The summed E-state index contributed by atoms with van der Waals surface area (Å²) in [6.07, 6.45) is 1.58. The number of anilines is 1. The third-order valence-electron chi connectivity index (χ3n) is 3.42. The minimum absolute atomic E-state index is 0.295. The normalized spacial score (nSPS) is 14.5. The molecule has 106 valence electrons. The molecule has 5 heteroatoms. The number of nitrogens with zero attached hydrogens (tertiary/aromatic N) is 3. The highest BCUT2D eigenvalue weighted by molar-refractivity contribution is 5.50. The van der Waals surface area contributed by atoms with Crippen molar-refractivity contribution in [1.29, 1.82) is 5.26 Å². The standard InChI is InChI=1S/C16H16N4O/c17-12-15-16(2-1-7-19-15)21-14-5-3-13(4-6-14)20-10-8-18-9-11-20/h1-7,18H,8-11H2. The van der Waals surface area contributed by atoms with Gasteiger partial charge in [-0.3, -0.25) is 0 Å². The predicted molar refractivity (Wildman–Crippen MR) is 80.6 cm³/mol. The molecule has 1 aromatic heterocycles. The number of nitrogens with one attached hydrogen (secondary N) is 1. The van der Waals surface area contributed by atoms with Crippen LogP contribution < -0.4 is 15.0 Å². The number of nitriles is 1. The van der Waals surface area contributed by atoms with E-state index in [4.69, 9.17) is 10.00 Å². The SMILES string of the molecule is N#Cc1ncccc1Oc1ccc(N2CCNCC2)cc1. The maximum atomic E-state index is 9.01. The summed E-state index contributed by atoms with van der Waals surface area (Å²) in [5.74, 6) is 1.19. The van der Waals surface area contributed by atoms with Gasteiger partial charge in [0, 0.05) is 38.1 Å². The third kappa shape index (κ3) is 3.12. The zero-order valence-electron chi connectivity index (χ0n) is 11.6. The summed E-state index contributed by atoms with van der Waals surface area (Å²) in [5, 5.41) is 12.3. The largest absolute Gasteiger partial charge is 0.454 e. The Bertz CT molecular complexity index is 642. The molecule has 0 bridgehead atoms. The van der Waals surface area contributed by atoms with Crippen LogP contribution in [0.15, 0.2) is 42.6 Å². The average Bonchev–Trinajstić information content (AvgIpc) is 2.57. The maximum absolute atomic E-state index is 9.01. The molecule has 1 aromatic carbocycles. The molecule has 1 N–H and O–H groups in total. The molecule has 2 heterocycles. The van der Waals surface area contributed by atoms with E-state index in [2.05, 4.69) is 15.2 Å². The quantitative estimate of drug-likeness (QED) is 0.933. The summed E-state index contributed by atoms with van der Waals surface area (Å²) < 4.78 is 5.73. The Morgan fingerprint density at radius 1 is 1.14 bits per heavy atom. The van der Waals surface area contributed by atoms with E-state index in [1.54, 1.807) is 18.3 Å². The first-order chi connectivity index (χ1) is 10.4. The maximum Gasteiger partial charge on any atom is 0.183 e. The fourth-order valence-corrected chi connectivity index (χ4v) is 2.33. The minimum Gasteiger partial charge on any atom is -0.454 e. The molecule has 0 radical (unpaired) electrons. The lowest BCUT2D eigenvalue weighted by Crippen LogP contribution is -2.43. The summed E-state index contributed by atoms with van der Waals surface area (Å²) in [6, 6.07) is 13.5. The second-order valence-electron chi connectivity index (χ2n) is 4.79. The number of rotatable bonds is 3. The lowest BCUT2D eigenvalue weighted by Gasteiger charge is -2.29. The molecule has 0 spiro atoms. The molecular formula is C16H16N4O. The van der Waals surface area contributed by atoms with E-state index in [1.165, 1.54) is 5.69 Å². The highest BCUT2D eigenvalue weighted by Gasteiger charge is 2.10. The molecule has 0 amide bonds. The fourth-order valence-electron chi connectivity index (χ4n) is 2.33. The van der Waals surface area contributed by atoms with Gasteiger partial charge in [-0.1, -0.05) is 0 Å². The number of pyridine rings is 1. The molecule has 0 unspecified atom stereocenters. The van der Waals surface area contributed by atoms with E-state index in [-0.39, 0.29) is 0 Å². The number of aromatic nitrogens is 1. The molecular weight excluding hydrogens is 264 g/mol. The van der Waals surface area contributed by atoms with Crippen LogP contribution in [0.2, 0.25) is 0 Å². The number of hydrogen-bond donors (Lipinski definition) is 1. The van der Waals surface area contributed by atoms with Crippen LogP contribution >= 0.6 is 0 Å². The van der Waals surface area contributed by atoms with E-state index >= 15 is 0 Å². The molecule has 1 aliphatic rings. The molecule has 1 fully saturated rings. The van der Waals surface area contributed by atoms with Gasteiger partial charge in [0.15, 0.2) is 11.4 Å². The zero-order valence-corrected chi connectivity index (χ0v) is 11.6. The number of benzene rings is 1. The van der Waals surface area contributed by atoms with Gasteiger partial charge in [0.05, 0.1) is 0 Å². The van der Waals surface area contributed by atoms with Crippen LogP contribution in [-0.2, 0) is 0 Å². The number of ether oxygens (including phenoxy) is 1. The van der Waals surface area contributed by atoms with Crippen LogP contribution in [-0.4, -0.2) is 31.2 Å². The highest BCUT2D eigenvalue weighted by Crippen LogP contribution is 2.26. The summed E-state index contributed by atoms with van der Waals surface area (Å²) in [4.78, 5) is 6.32. The number of piperazine rings is 1. The molecule has 21 heavy (non-hydrogen) atoms. The van der Waals surface area contributed by atoms with Gasteiger partial charge in [0.2, 0.25) is 0 Å². The Morgan fingerprint density at radius 3 is 2.62 bits per heavy atom. The Labute approximate surface area is 123 Å². The van der Waals surface area contributed by atoms with Gasteiger partial charge in [-0.25, -0.2) is 4.98 Å². The lowest BCUT2D eigenvalue weighted by atomic mass is 10.2. The predicted octanol–water partition coefficient (Wildman–Crippen LogP) is 2.16. The zero-order chi connectivity index (χ0) is 14.5. The minimum atomic E-state index is 0.295. The van der Waals surface area contributed by atoms with Gasteiger partial charge in [0.1, 0.15) is 11.8 Å². The van der Waals surface area contributed by atoms with Crippen molar-refractivity contribution >= 4 is 5.69 Å². The smallest absolute Gasteiger partial charge is 0.183 e. The van der Waals surface area contributed by atoms with E-state index in [0.29, 0.717) is 17.2 Å². The first kappa shape index (κ1) is 13.4. The van der Waals surface area contributed by atoms with E-state index < -0.39 is 0 Å². The molecule has 1 aliphatic heterocycles. The molecule has 5 nitrogen and oxygen atoms in total. The van der Waals surface area contributed by atoms with Gasteiger partial charge in [-0.2, -0.15) is 5.26 Å². The second kappa shape index (κ2) is 6.25. The molecule has 3 rings (SSSR count). The lowest BCUT2D eigenvalue weighted by molar-refractivity contribution is 0.478. The summed E-state index contributed by atoms with van der Waals surface area (Å²) in [6.45, 7) is 4.06. The summed E-state index contributed by atoms with van der Waals surface area (Å²) >= 11 is 0. The monoisotopic (exact) mass is 280 g/mol. The van der Waals surface area contributed by atoms with Crippen molar-refractivity contribution in [2.45, 2.75) is 0 Å². The van der Waals surface area contributed by atoms with E-state index in [9.17, 15) is 0 Å². The van der Waals surface area contributed by atoms with Crippen LogP contribution in [0, 0.1) is 11.3 Å². The molecule has 0 saturated carbocycles. The summed E-state index contributed by atoms with van der Waals surface area (Å²) in [5.41, 5.74) is 1.49. The van der Waals surface area contributed by atoms with Crippen molar-refractivity contribution in [1.82, 2.24) is 10.3 Å². The van der Waals surface area contributed by atoms with Crippen LogP contribution in [0.25, 0.3) is 0 Å². The van der Waals surface area contributed by atoms with Gasteiger partial charge in [-0.05, 0) is 36.4 Å². The second-order valence-corrected chi connectivity index (χ2v) is 4.79. The van der Waals surface area contributed by atoms with Crippen LogP contribution in [0.1, 0.15) is 5.69 Å². The van der Waals surface area contributed by atoms with Crippen LogP contribution in [0.3, 0.4) is 0 Å². The Hall–Kier alpha value is -2.58. The van der Waals surface area contributed by atoms with Crippen molar-refractivity contribution in [2.24, 2.45) is 0 Å². The van der Waals surface area contributed by atoms with Crippen molar-refractivity contribution in [2.75, 3.05) is 31.1 Å². The molecule has 0 aliphatic carbocycles. The fraction of sp³-hybridized carbons (Fsp3) is 0.250. The Balaban J connectivity index is 1.74. The van der Waals surface area contributed by atoms with E-state index in [1.807, 2.05) is 30.3 Å². The third-order valence-corrected chi connectivity index (χ3v) is 3.42. The Kier molecular flexibility index (Phi) is 3.99. The first-order valence-electron chi connectivity index (χ1n) is 6.95. The van der Waals surface area contributed by atoms with Crippen molar-refractivity contribution in [3.8, 4) is 17.6 Å². The number of hydrogen-bond acceptors (Lipinski definition) is 5. The van der Waals surface area contributed by atoms with Gasteiger partial charge >= 0.3 is 0 Å². The topological polar surface area (TPSA) is 61.2 Å². The Morgan fingerprint density at radius 2 is 1.90 bits per heavy atom. The van der Waals surface area contributed by atoms with Crippen molar-refractivity contribution in [3.05, 3.63) is 48.3 Å². The average molecular weight is 280 g/mol. The molecule has 1 saturated heterocycles.